The lowest BCUT2D eigenvalue weighted by atomic mass is 10.0. The van der Waals surface area contributed by atoms with Crippen LogP contribution in [0.4, 0.5) is 0 Å². The monoisotopic (exact) mass is 534 g/mol. The Labute approximate surface area is 221 Å². The largest absolute Gasteiger partial charge is 0.463 e. The Morgan fingerprint density at radius 1 is 1.05 bits per heavy atom. The maximum absolute atomic E-state index is 11.4. The molecule has 0 saturated carbocycles. The molecule has 0 radical (unpaired) electrons. The number of aliphatic hydroxyl groups is 1. The number of benzene rings is 2. The molecule has 0 saturated heterocycles. The first-order valence-corrected chi connectivity index (χ1v) is 14.7. The normalized spacial score (nSPS) is 15.7. The Morgan fingerprint density at radius 3 is 2.59 bits per heavy atom. The van der Waals surface area contributed by atoms with Gasteiger partial charge in [0.25, 0.3) is 0 Å². The predicted molar refractivity (Wildman–Crippen MR) is 144 cm³/mol. The van der Waals surface area contributed by atoms with E-state index in [2.05, 4.69) is 5.32 Å². The highest BCUT2D eigenvalue weighted by atomic mass is 32.2. The molecule has 0 aromatic heterocycles. The number of aryl methyl sites for hydroxylation is 1. The van der Waals surface area contributed by atoms with Crippen LogP contribution in [0, 0.1) is 0 Å². The highest BCUT2D eigenvalue weighted by molar-refractivity contribution is 7.89. The van der Waals surface area contributed by atoms with E-state index in [-0.39, 0.29) is 4.90 Å². The van der Waals surface area contributed by atoms with Crippen LogP contribution < -0.4 is 15.2 Å². The number of ether oxygens (including phenoxy) is 3. The average Bonchev–Trinajstić information content (AvgIpc) is 2.85. The van der Waals surface area contributed by atoms with Crippen molar-refractivity contribution in [3.05, 3.63) is 59.2 Å². The standard InChI is InChI=1S/C28H42N2O6S/c1-28(2)35-21-24-19-23(13-14-27(24)36-28)26(31)20-30-15-6-8-17-34-16-7-4-3-5-10-22-11-9-12-25(18-22)37(29,32)33/h9,11-14,18-19,26,30-31H,3-8,10,15-17,20-21H2,1-2H3,(H2,29,32,33)/t26-/m0/s1. The number of nitrogens with two attached hydrogens (primary N) is 1. The number of rotatable bonds is 16. The number of unbranched alkanes of at least 4 members (excludes halogenated alkanes) is 4. The summed E-state index contributed by atoms with van der Waals surface area (Å²) in [6, 6.07) is 12.6. The van der Waals surface area contributed by atoms with Crippen LogP contribution in [0.25, 0.3) is 0 Å². The summed E-state index contributed by atoms with van der Waals surface area (Å²) in [5, 5.41) is 19.0. The van der Waals surface area contributed by atoms with Gasteiger partial charge in [-0.1, -0.05) is 31.0 Å². The van der Waals surface area contributed by atoms with Crippen molar-refractivity contribution in [2.45, 2.75) is 82.2 Å². The predicted octanol–water partition coefficient (Wildman–Crippen LogP) is 4.20. The summed E-state index contributed by atoms with van der Waals surface area (Å²) in [6.07, 6.45) is 6.45. The van der Waals surface area contributed by atoms with Crippen molar-refractivity contribution in [3.8, 4) is 5.75 Å². The summed E-state index contributed by atoms with van der Waals surface area (Å²) >= 11 is 0. The molecule has 9 heteroatoms. The van der Waals surface area contributed by atoms with Crippen molar-refractivity contribution < 1.29 is 27.7 Å². The molecular weight excluding hydrogens is 492 g/mol. The molecule has 0 amide bonds. The molecule has 0 aliphatic carbocycles. The number of hydrogen-bond acceptors (Lipinski definition) is 7. The van der Waals surface area contributed by atoms with Gasteiger partial charge in [-0.05, 0) is 74.0 Å². The molecule has 206 valence electrons. The van der Waals surface area contributed by atoms with Crippen LogP contribution in [0.3, 0.4) is 0 Å². The van der Waals surface area contributed by atoms with Gasteiger partial charge < -0.3 is 24.6 Å². The Kier molecular flexibility index (Phi) is 11.4. The third-order valence-electron chi connectivity index (χ3n) is 6.36. The van der Waals surface area contributed by atoms with Crippen molar-refractivity contribution in [2.24, 2.45) is 5.14 Å². The van der Waals surface area contributed by atoms with Gasteiger partial charge >= 0.3 is 0 Å². The Hall–Kier alpha value is -2.01. The van der Waals surface area contributed by atoms with E-state index in [0.29, 0.717) is 13.2 Å². The Bertz CT molecular complexity index is 1090. The molecule has 0 spiro atoms. The number of primary sulfonamides is 1. The fourth-order valence-electron chi connectivity index (χ4n) is 4.24. The maximum atomic E-state index is 11.4. The van der Waals surface area contributed by atoms with E-state index >= 15 is 0 Å². The average molecular weight is 535 g/mol. The van der Waals surface area contributed by atoms with Crippen LogP contribution in [0.2, 0.25) is 0 Å². The molecule has 3 rings (SSSR count). The SMILES string of the molecule is CC1(C)OCc2cc([C@@H](O)CNCCCCOCCCCCCc3cccc(S(N)(=O)=O)c3)ccc2O1. The number of aliphatic hydroxyl groups excluding tert-OH is 1. The number of sulfonamides is 1. The van der Waals surface area contributed by atoms with Gasteiger partial charge in [0, 0.05) is 39.2 Å². The third kappa shape index (κ3) is 10.3. The molecule has 1 aliphatic rings. The van der Waals surface area contributed by atoms with Gasteiger partial charge in [-0.2, -0.15) is 0 Å². The second-order valence-corrected chi connectivity index (χ2v) is 11.6. The number of nitrogens with one attached hydrogen (secondary N) is 1. The van der Waals surface area contributed by atoms with E-state index in [1.54, 1.807) is 12.1 Å². The van der Waals surface area contributed by atoms with Crippen LogP contribution >= 0.6 is 0 Å². The van der Waals surface area contributed by atoms with E-state index in [4.69, 9.17) is 19.3 Å². The molecule has 1 heterocycles. The molecule has 2 aromatic rings. The van der Waals surface area contributed by atoms with Gasteiger partial charge in [-0.25, -0.2) is 13.6 Å². The zero-order chi connectivity index (χ0) is 26.7. The fraction of sp³-hybridized carbons (Fsp3) is 0.571. The van der Waals surface area contributed by atoms with E-state index in [1.807, 2.05) is 38.1 Å². The number of fused-ring (bicyclic) bond motifs is 1. The van der Waals surface area contributed by atoms with Gasteiger partial charge in [-0.15, -0.1) is 0 Å². The van der Waals surface area contributed by atoms with E-state index < -0.39 is 21.9 Å². The minimum atomic E-state index is -3.64. The molecule has 37 heavy (non-hydrogen) atoms. The molecule has 0 fully saturated rings. The zero-order valence-electron chi connectivity index (χ0n) is 22.1. The zero-order valence-corrected chi connectivity index (χ0v) is 22.9. The molecule has 2 aromatic carbocycles. The number of hydrogen-bond donors (Lipinski definition) is 3. The summed E-state index contributed by atoms with van der Waals surface area (Å²) in [4.78, 5) is 0.175. The summed E-state index contributed by atoms with van der Waals surface area (Å²) in [5.41, 5.74) is 2.82. The summed E-state index contributed by atoms with van der Waals surface area (Å²) in [5.74, 6) is 0.195. The van der Waals surface area contributed by atoms with Gasteiger partial charge in [-0.3, -0.25) is 0 Å². The summed E-state index contributed by atoms with van der Waals surface area (Å²) in [7, 11) is -3.64. The van der Waals surface area contributed by atoms with Crippen molar-refractivity contribution in [2.75, 3.05) is 26.3 Å². The minimum absolute atomic E-state index is 0.175. The van der Waals surface area contributed by atoms with Crippen molar-refractivity contribution in [1.29, 1.82) is 0 Å². The van der Waals surface area contributed by atoms with E-state index in [1.165, 1.54) is 6.07 Å². The first-order chi connectivity index (χ1) is 17.6. The van der Waals surface area contributed by atoms with Crippen molar-refractivity contribution in [1.82, 2.24) is 5.32 Å². The second kappa shape index (κ2) is 14.2. The van der Waals surface area contributed by atoms with Gasteiger partial charge in [0.2, 0.25) is 15.8 Å². The molecule has 4 N–H and O–H groups in total. The maximum Gasteiger partial charge on any atom is 0.238 e. The van der Waals surface area contributed by atoms with Gasteiger partial charge in [0.15, 0.2) is 0 Å². The first-order valence-electron chi connectivity index (χ1n) is 13.2. The topological polar surface area (TPSA) is 120 Å². The van der Waals surface area contributed by atoms with Crippen LogP contribution in [-0.2, 0) is 32.5 Å². The van der Waals surface area contributed by atoms with Crippen LogP contribution in [0.1, 0.15) is 75.2 Å². The smallest absolute Gasteiger partial charge is 0.238 e. The lowest BCUT2D eigenvalue weighted by Crippen LogP contribution is -2.35. The highest BCUT2D eigenvalue weighted by Crippen LogP contribution is 2.32. The van der Waals surface area contributed by atoms with Gasteiger partial charge in [0.1, 0.15) is 5.75 Å². The molecule has 1 atom stereocenters. The minimum Gasteiger partial charge on any atom is -0.463 e. The molecule has 0 bridgehead atoms. The third-order valence-corrected chi connectivity index (χ3v) is 7.27. The van der Waals surface area contributed by atoms with Crippen LogP contribution in [0.15, 0.2) is 47.4 Å². The summed E-state index contributed by atoms with van der Waals surface area (Å²) in [6.45, 7) is 7.09. The van der Waals surface area contributed by atoms with Gasteiger partial charge in [0.05, 0.1) is 17.6 Å². The summed E-state index contributed by atoms with van der Waals surface area (Å²) < 4.78 is 40.1. The van der Waals surface area contributed by atoms with Crippen LogP contribution in [0.5, 0.6) is 5.75 Å². The van der Waals surface area contributed by atoms with Crippen molar-refractivity contribution >= 4 is 10.0 Å². The molecule has 1 aliphatic heterocycles. The van der Waals surface area contributed by atoms with E-state index in [0.717, 1.165) is 87.1 Å². The Balaban J connectivity index is 1.16. The lowest BCUT2D eigenvalue weighted by molar-refractivity contribution is -0.180. The molecule has 0 unspecified atom stereocenters. The molecule has 8 nitrogen and oxygen atoms in total. The van der Waals surface area contributed by atoms with E-state index in [9.17, 15) is 13.5 Å². The quantitative estimate of drug-likeness (QED) is 0.276. The highest BCUT2D eigenvalue weighted by Gasteiger charge is 2.27. The van der Waals surface area contributed by atoms with Crippen molar-refractivity contribution in [3.63, 3.8) is 0 Å². The fourth-order valence-corrected chi connectivity index (χ4v) is 4.83. The van der Waals surface area contributed by atoms with Crippen LogP contribution in [-0.4, -0.2) is 45.6 Å². The molecular formula is C28H42N2O6S. The second-order valence-electron chi connectivity index (χ2n) is 10.1. The first kappa shape index (κ1) is 29.5. The lowest BCUT2D eigenvalue weighted by Gasteiger charge is -2.33. The Morgan fingerprint density at radius 2 is 1.81 bits per heavy atom.